The van der Waals surface area contributed by atoms with Gasteiger partial charge in [-0.1, -0.05) is 36.4 Å². The second-order valence-electron chi connectivity index (χ2n) is 6.67. The summed E-state index contributed by atoms with van der Waals surface area (Å²) in [7, 11) is 0. The largest absolute Gasteiger partial charge is 0.481 e. The van der Waals surface area contributed by atoms with Crippen molar-refractivity contribution in [2.75, 3.05) is 4.90 Å². The number of ether oxygens (including phenoxy) is 1. The molecule has 5 atom stereocenters. The van der Waals surface area contributed by atoms with Crippen LogP contribution in [0.1, 0.15) is 12.0 Å². The Morgan fingerprint density at radius 3 is 2.88 bits per heavy atom. The fourth-order valence-corrected chi connectivity index (χ4v) is 4.50. The van der Waals surface area contributed by atoms with Gasteiger partial charge in [-0.15, -0.1) is 6.58 Å². The molecule has 1 N–H and O–H groups in total. The molecule has 0 aromatic heterocycles. The first-order valence-corrected chi connectivity index (χ1v) is 8.11. The molecule has 3 aliphatic rings. The van der Waals surface area contributed by atoms with Crippen LogP contribution >= 0.6 is 0 Å². The van der Waals surface area contributed by atoms with Crippen LogP contribution in [-0.4, -0.2) is 34.7 Å². The summed E-state index contributed by atoms with van der Waals surface area (Å²) < 4.78 is 6.08. The highest BCUT2D eigenvalue weighted by molar-refractivity contribution is 6.03. The summed E-state index contributed by atoms with van der Waals surface area (Å²) in [5, 5.41) is 9.62. The Balaban J connectivity index is 1.87. The van der Waals surface area contributed by atoms with Gasteiger partial charge in [0, 0.05) is 5.69 Å². The summed E-state index contributed by atoms with van der Waals surface area (Å²) in [5.41, 5.74) is 0.908. The van der Waals surface area contributed by atoms with Crippen LogP contribution in [0, 0.1) is 18.8 Å². The van der Waals surface area contributed by atoms with Crippen LogP contribution in [0.5, 0.6) is 0 Å². The van der Waals surface area contributed by atoms with E-state index in [9.17, 15) is 14.7 Å². The van der Waals surface area contributed by atoms with Crippen molar-refractivity contribution in [3.05, 3.63) is 54.6 Å². The van der Waals surface area contributed by atoms with Crippen molar-refractivity contribution in [1.82, 2.24) is 0 Å². The second-order valence-corrected chi connectivity index (χ2v) is 6.67. The number of carbonyl (C=O) groups is 2. The molecule has 5 heteroatoms. The Kier molecular flexibility index (Phi) is 3.18. The molecule has 5 nitrogen and oxygen atoms in total. The highest BCUT2D eigenvalue weighted by atomic mass is 16.5. The number of amides is 1. The van der Waals surface area contributed by atoms with E-state index in [1.165, 1.54) is 0 Å². The van der Waals surface area contributed by atoms with Crippen LogP contribution in [0.2, 0.25) is 0 Å². The molecule has 2 unspecified atom stereocenters. The molecule has 3 heterocycles. The molecule has 3 aliphatic heterocycles. The lowest BCUT2D eigenvalue weighted by molar-refractivity contribution is -0.146. The fourth-order valence-electron chi connectivity index (χ4n) is 4.50. The van der Waals surface area contributed by atoms with Gasteiger partial charge in [0.2, 0.25) is 5.91 Å². The van der Waals surface area contributed by atoms with Crippen LogP contribution in [-0.2, 0) is 14.3 Å². The number of fused-ring (bicyclic) bond motifs is 1. The lowest BCUT2D eigenvalue weighted by Gasteiger charge is -2.33. The third-order valence-corrected chi connectivity index (χ3v) is 5.47. The molecule has 0 radical (unpaired) electrons. The summed E-state index contributed by atoms with van der Waals surface area (Å²) in [6.07, 6.45) is 5.47. The number of aliphatic carboxylic acids is 1. The maximum absolute atomic E-state index is 13.2. The summed E-state index contributed by atoms with van der Waals surface area (Å²) in [4.78, 5) is 26.7. The van der Waals surface area contributed by atoms with Crippen molar-refractivity contribution in [1.29, 1.82) is 0 Å². The van der Waals surface area contributed by atoms with E-state index in [0.717, 1.165) is 11.3 Å². The molecule has 2 saturated heterocycles. The van der Waals surface area contributed by atoms with Crippen LogP contribution in [0.3, 0.4) is 0 Å². The molecular formula is C19H19NO4. The van der Waals surface area contributed by atoms with Crippen molar-refractivity contribution in [2.45, 2.75) is 31.1 Å². The van der Waals surface area contributed by atoms with Crippen molar-refractivity contribution in [2.24, 2.45) is 11.8 Å². The topological polar surface area (TPSA) is 66.8 Å². The molecule has 4 rings (SSSR count). The van der Waals surface area contributed by atoms with Gasteiger partial charge < -0.3 is 14.7 Å². The average Bonchev–Trinajstić information content (AvgIpc) is 3.18. The van der Waals surface area contributed by atoms with Crippen molar-refractivity contribution in [3.63, 3.8) is 0 Å². The van der Waals surface area contributed by atoms with Gasteiger partial charge in [-0.2, -0.15) is 0 Å². The van der Waals surface area contributed by atoms with Crippen molar-refractivity contribution >= 4 is 17.6 Å². The first kappa shape index (κ1) is 15.1. The number of nitrogens with zero attached hydrogens (tertiary/aromatic N) is 1. The number of aryl methyl sites for hydroxylation is 1. The van der Waals surface area contributed by atoms with E-state index in [2.05, 4.69) is 6.58 Å². The number of benzene rings is 1. The van der Waals surface area contributed by atoms with E-state index in [0.29, 0.717) is 6.42 Å². The molecule has 2 fully saturated rings. The molecule has 1 spiro atoms. The Hall–Kier alpha value is -2.40. The minimum Gasteiger partial charge on any atom is -0.481 e. The number of anilines is 1. The normalized spacial score (nSPS) is 36.2. The summed E-state index contributed by atoms with van der Waals surface area (Å²) in [6, 6.07) is 7.37. The molecule has 1 aromatic carbocycles. The fraction of sp³-hybridized carbons (Fsp3) is 0.368. The third kappa shape index (κ3) is 1.73. The number of hydrogen-bond acceptors (Lipinski definition) is 3. The quantitative estimate of drug-likeness (QED) is 0.863. The monoisotopic (exact) mass is 325 g/mol. The van der Waals surface area contributed by atoms with Gasteiger partial charge in [0.1, 0.15) is 11.5 Å². The smallest absolute Gasteiger partial charge is 0.310 e. The lowest BCUT2D eigenvalue weighted by atomic mass is 9.74. The van der Waals surface area contributed by atoms with Crippen LogP contribution < -0.4 is 4.90 Å². The number of rotatable bonds is 4. The molecule has 0 aliphatic carbocycles. The molecule has 2 bridgehead atoms. The SMILES string of the molecule is C=CCC1N(c2ccccc2C)C(=O)[C@@H]2C(C(=O)O)[C@@H]3C=C[C@@]12O3. The highest BCUT2D eigenvalue weighted by Crippen LogP contribution is 2.56. The zero-order valence-electron chi connectivity index (χ0n) is 13.4. The first-order valence-electron chi connectivity index (χ1n) is 8.11. The van der Waals surface area contributed by atoms with E-state index in [4.69, 9.17) is 4.74 Å². The number of carboxylic acids is 1. The van der Waals surface area contributed by atoms with E-state index < -0.39 is 29.5 Å². The Morgan fingerprint density at radius 2 is 2.21 bits per heavy atom. The number of para-hydroxylation sites is 1. The number of carbonyl (C=O) groups excluding carboxylic acids is 1. The summed E-state index contributed by atoms with van der Waals surface area (Å²) >= 11 is 0. The first-order chi connectivity index (χ1) is 11.5. The van der Waals surface area contributed by atoms with Gasteiger partial charge in [-0.25, -0.2) is 0 Å². The summed E-state index contributed by atoms with van der Waals surface area (Å²) in [5.74, 6) is -2.66. The van der Waals surface area contributed by atoms with Gasteiger partial charge in [0.15, 0.2) is 0 Å². The Bertz CT molecular complexity index is 770. The maximum atomic E-state index is 13.2. The molecule has 24 heavy (non-hydrogen) atoms. The van der Waals surface area contributed by atoms with Gasteiger partial charge in [-0.3, -0.25) is 9.59 Å². The average molecular weight is 325 g/mol. The summed E-state index contributed by atoms with van der Waals surface area (Å²) in [6.45, 7) is 5.76. The minimum absolute atomic E-state index is 0.171. The zero-order valence-corrected chi connectivity index (χ0v) is 13.4. The lowest BCUT2D eigenvalue weighted by Crippen LogP contribution is -2.45. The highest BCUT2D eigenvalue weighted by Gasteiger charge is 2.71. The van der Waals surface area contributed by atoms with E-state index in [1.807, 2.05) is 37.3 Å². The minimum atomic E-state index is -0.978. The van der Waals surface area contributed by atoms with Crippen LogP contribution in [0.4, 0.5) is 5.69 Å². The molecule has 0 saturated carbocycles. The van der Waals surface area contributed by atoms with Crippen LogP contribution in [0.25, 0.3) is 0 Å². The molecule has 1 aromatic rings. The van der Waals surface area contributed by atoms with Gasteiger partial charge in [0.05, 0.1) is 18.1 Å². The zero-order chi connectivity index (χ0) is 17.1. The predicted molar refractivity (Wildman–Crippen MR) is 88.6 cm³/mol. The Labute approximate surface area is 140 Å². The van der Waals surface area contributed by atoms with Gasteiger partial charge in [0.25, 0.3) is 0 Å². The van der Waals surface area contributed by atoms with Gasteiger partial charge in [-0.05, 0) is 25.0 Å². The van der Waals surface area contributed by atoms with E-state index >= 15 is 0 Å². The van der Waals surface area contributed by atoms with E-state index in [1.54, 1.807) is 17.1 Å². The van der Waals surface area contributed by atoms with Crippen molar-refractivity contribution < 1.29 is 19.4 Å². The molecule has 124 valence electrons. The third-order valence-electron chi connectivity index (χ3n) is 5.47. The second kappa shape index (κ2) is 5.05. The predicted octanol–water partition coefficient (Wildman–Crippen LogP) is 2.31. The Morgan fingerprint density at radius 1 is 1.46 bits per heavy atom. The van der Waals surface area contributed by atoms with Gasteiger partial charge >= 0.3 is 5.97 Å². The van der Waals surface area contributed by atoms with Crippen LogP contribution in [0.15, 0.2) is 49.1 Å². The number of hydrogen-bond donors (Lipinski definition) is 1. The van der Waals surface area contributed by atoms with Crippen molar-refractivity contribution in [3.8, 4) is 0 Å². The maximum Gasteiger partial charge on any atom is 0.310 e. The standard InChI is InChI=1S/C19H19NO4/c1-3-6-14-19-10-9-13(24-19)15(18(22)23)16(19)17(21)20(14)12-8-5-4-7-11(12)2/h3-5,7-10,13-16H,1,6H2,2H3,(H,22,23)/t13-,14?,15?,16-,19+/m0/s1. The molecular weight excluding hydrogens is 306 g/mol. The number of carboxylic acid groups (broad SMARTS) is 1. The molecule has 1 amide bonds. The van der Waals surface area contributed by atoms with E-state index in [-0.39, 0.29) is 11.9 Å².